The lowest BCUT2D eigenvalue weighted by molar-refractivity contribution is -0.384. The SMILES string of the molecule is CCOC(=O)N[C@@H]1CCCN(C(=O)c2cccc([N+](=O)[O-])c2)C1. The monoisotopic (exact) mass is 321 g/mol. The molecule has 0 aromatic heterocycles. The highest BCUT2D eigenvalue weighted by atomic mass is 16.6. The molecule has 0 saturated carbocycles. The van der Waals surface area contributed by atoms with Crippen molar-refractivity contribution in [1.82, 2.24) is 10.2 Å². The lowest BCUT2D eigenvalue weighted by atomic mass is 10.0. The summed E-state index contributed by atoms with van der Waals surface area (Å²) in [7, 11) is 0. The van der Waals surface area contributed by atoms with Crippen molar-refractivity contribution in [3.63, 3.8) is 0 Å². The van der Waals surface area contributed by atoms with Crippen LogP contribution in [0.1, 0.15) is 30.1 Å². The first-order valence-corrected chi connectivity index (χ1v) is 7.48. The van der Waals surface area contributed by atoms with E-state index >= 15 is 0 Å². The number of hydrogen-bond donors (Lipinski definition) is 1. The third kappa shape index (κ3) is 4.41. The Balaban J connectivity index is 2.03. The summed E-state index contributed by atoms with van der Waals surface area (Å²) in [6.07, 6.45) is 1.01. The summed E-state index contributed by atoms with van der Waals surface area (Å²) in [4.78, 5) is 35.8. The number of carbonyl (C=O) groups excluding carboxylic acids is 2. The molecule has 1 N–H and O–H groups in total. The van der Waals surface area contributed by atoms with Gasteiger partial charge in [-0.15, -0.1) is 0 Å². The average Bonchev–Trinajstić information content (AvgIpc) is 2.54. The van der Waals surface area contributed by atoms with E-state index in [-0.39, 0.29) is 29.8 Å². The van der Waals surface area contributed by atoms with E-state index in [0.29, 0.717) is 13.1 Å². The predicted octanol–water partition coefficient (Wildman–Crippen LogP) is 1.95. The number of ether oxygens (including phenoxy) is 1. The molecule has 124 valence electrons. The van der Waals surface area contributed by atoms with Crippen LogP contribution in [0.5, 0.6) is 0 Å². The van der Waals surface area contributed by atoms with Crippen molar-refractivity contribution in [2.45, 2.75) is 25.8 Å². The first kappa shape index (κ1) is 16.7. The van der Waals surface area contributed by atoms with E-state index in [1.165, 1.54) is 18.2 Å². The maximum absolute atomic E-state index is 12.5. The number of piperidine rings is 1. The molecule has 1 aliphatic rings. The highest BCUT2D eigenvalue weighted by Crippen LogP contribution is 2.18. The van der Waals surface area contributed by atoms with Crippen molar-refractivity contribution in [3.05, 3.63) is 39.9 Å². The summed E-state index contributed by atoms with van der Waals surface area (Å²) in [5, 5.41) is 13.5. The minimum Gasteiger partial charge on any atom is -0.450 e. The number of hydrogen-bond acceptors (Lipinski definition) is 5. The second kappa shape index (κ2) is 7.57. The van der Waals surface area contributed by atoms with E-state index in [4.69, 9.17) is 4.74 Å². The van der Waals surface area contributed by atoms with Gasteiger partial charge < -0.3 is 15.0 Å². The summed E-state index contributed by atoms with van der Waals surface area (Å²) < 4.78 is 4.84. The summed E-state index contributed by atoms with van der Waals surface area (Å²) in [6, 6.07) is 5.48. The molecular formula is C15H19N3O5. The van der Waals surface area contributed by atoms with Crippen LogP contribution in [-0.2, 0) is 4.74 Å². The van der Waals surface area contributed by atoms with Gasteiger partial charge in [0.05, 0.1) is 11.5 Å². The van der Waals surface area contributed by atoms with Gasteiger partial charge in [0.15, 0.2) is 0 Å². The van der Waals surface area contributed by atoms with Crippen LogP contribution in [0.4, 0.5) is 10.5 Å². The summed E-state index contributed by atoms with van der Waals surface area (Å²) in [6.45, 7) is 2.93. The Kier molecular flexibility index (Phi) is 5.51. The molecular weight excluding hydrogens is 302 g/mol. The van der Waals surface area contributed by atoms with E-state index in [0.717, 1.165) is 12.8 Å². The largest absolute Gasteiger partial charge is 0.450 e. The van der Waals surface area contributed by atoms with Crippen LogP contribution < -0.4 is 5.32 Å². The Morgan fingerprint density at radius 3 is 2.96 bits per heavy atom. The lowest BCUT2D eigenvalue weighted by Gasteiger charge is -2.33. The number of amides is 2. The van der Waals surface area contributed by atoms with Gasteiger partial charge in [0.1, 0.15) is 0 Å². The van der Waals surface area contributed by atoms with Crippen LogP contribution in [0.2, 0.25) is 0 Å². The van der Waals surface area contributed by atoms with Gasteiger partial charge in [0.2, 0.25) is 0 Å². The van der Waals surface area contributed by atoms with E-state index in [2.05, 4.69) is 5.32 Å². The minimum atomic E-state index is -0.530. The fourth-order valence-electron chi connectivity index (χ4n) is 2.55. The number of non-ortho nitro benzene ring substituents is 1. The molecule has 0 spiro atoms. The Morgan fingerprint density at radius 1 is 1.48 bits per heavy atom. The first-order valence-electron chi connectivity index (χ1n) is 7.48. The smallest absolute Gasteiger partial charge is 0.407 e. The van der Waals surface area contributed by atoms with E-state index in [9.17, 15) is 19.7 Å². The fourth-order valence-corrected chi connectivity index (χ4v) is 2.55. The number of nitrogens with zero attached hydrogens (tertiary/aromatic N) is 2. The standard InChI is InChI=1S/C15H19N3O5/c1-2-23-15(20)16-12-6-4-8-17(10-12)14(19)11-5-3-7-13(9-11)18(21)22/h3,5,7,9,12H,2,4,6,8,10H2,1H3,(H,16,20)/t12-/m1/s1. The Bertz CT molecular complexity index is 605. The van der Waals surface area contributed by atoms with Gasteiger partial charge in [-0.3, -0.25) is 14.9 Å². The van der Waals surface area contributed by atoms with Gasteiger partial charge in [-0.2, -0.15) is 0 Å². The van der Waals surface area contributed by atoms with Crippen molar-refractivity contribution < 1.29 is 19.2 Å². The number of carbonyl (C=O) groups is 2. The summed E-state index contributed by atoms with van der Waals surface area (Å²) in [5.41, 5.74) is 0.157. The number of rotatable bonds is 4. The molecule has 1 saturated heterocycles. The van der Waals surface area contributed by atoms with Gasteiger partial charge >= 0.3 is 6.09 Å². The lowest BCUT2D eigenvalue weighted by Crippen LogP contribution is -2.49. The number of nitro benzene ring substituents is 1. The number of alkyl carbamates (subject to hydrolysis) is 1. The third-order valence-electron chi connectivity index (χ3n) is 3.61. The van der Waals surface area contributed by atoms with E-state index in [1.54, 1.807) is 17.9 Å². The Hall–Kier alpha value is -2.64. The van der Waals surface area contributed by atoms with Crippen LogP contribution >= 0.6 is 0 Å². The summed E-state index contributed by atoms with van der Waals surface area (Å²) in [5.74, 6) is -0.274. The molecule has 2 amide bonds. The topological polar surface area (TPSA) is 102 Å². The molecule has 1 aromatic rings. The molecule has 23 heavy (non-hydrogen) atoms. The molecule has 8 heteroatoms. The molecule has 0 radical (unpaired) electrons. The second-order valence-electron chi connectivity index (χ2n) is 5.26. The maximum Gasteiger partial charge on any atom is 0.407 e. The van der Waals surface area contributed by atoms with Crippen LogP contribution in [0.3, 0.4) is 0 Å². The van der Waals surface area contributed by atoms with Crippen molar-refractivity contribution in [1.29, 1.82) is 0 Å². The Labute approximate surface area is 133 Å². The van der Waals surface area contributed by atoms with Crippen molar-refractivity contribution in [2.75, 3.05) is 19.7 Å². The van der Waals surface area contributed by atoms with Gasteiger partial charge in [-0.05, 0) is 25.8 Å². The van der Waals surface area contributed by atoms with Gasteiger partial charge in [-0.1, -0.05) is 6.07 Å². The van der Waals surface area contributed by atoms with E-state index in [1.807, 2.05) is 0 Å². The predicted molar refractivity (Wildman–Crippen MR) is 82.2 cm³/mol. The Morgan fingerprint density at radius 2 is 2.26 bits per heavy atom. The van der Waals surface area contributed by atoms with Gasteiger partial charge in [-0.25, -0.2) is 4.79 Å². The molecule has 0 aliphatic carbocycles. The molecule has 1 fully saturated rings. The molecule has 0 unspecified atom stereocenters. The zero-order valence-electron chi connectivity index (χ0n) is 12.9. The van der Waals surface area contributed by atoms with Crippen molar-refractivity contribution in [2.24, 2.45) is 0 Å². The number of likely N-dealkylation sites (tertiary alicyclic amines) is 1. The highest BCUT2D eigenvalue weighted by Gasteiger charge is 2.26. The maximum atomic E-state index is 12.5. The normalized spacial score (nSPS) is 17.4. The zero-order chi connectivity index (χ0) is 16.8. The molecule has 1 atom stereocenters. The van der Waals surface area contributed by atoms with E-state index < -0.39 is 11.0 Å². The van der Waals surface area contributed by atoms with Crippen molar-refractivity contribution in [3.8, 4) is 0 Å². The van der Waals surface area contributed by atoms with Gasteiger partial charge in [0.25, 0.3) is 11.6 Å². The van der Waals surface area contributed by atoms with Crippen LogP contribution in [-0.4, -0.2) is 47.6 Å². The number of nitrogens with one attached hydrogen (secondary N) is 1. The molecule has 1 heterocycles. The van der Waals surface area contributed by atoms with Crippen LogP contribution in [0.25, 0.3) is 0 Å². The number of benzene rings is 1. The first-order chi connectivity index (χ1) is 11.0. The quantitative estimate of drug-likeness (QED) is 0.674. The van der Waals surface area contributed by atoms with Crippen LogP contribution in [0.15, 0.2) is 24.3 Å². The van der Waals surface area contributed by atoms with Crippen LogP contribution in [0, 0.1) is 10.1 Å². The molecule has 0 bridgehead atoms. The molecule has 8 nitrogen and oxygen atoms in total. The molecule has 1 aromatic carbocycles. The molecule has 2 rings (SSSR count). The second-order valence-corrected chi connectivity index (χ2v) is 5.26. The average molecular weight is 321 g/mol. The minimum absolute atomic E-state index is 0.117. The summed E-state index contributed by atoms with van der Waals surface area (Å²) >= 11 is 0. The molecule has 1 aliphatic heterocycles. The fraction of sp³-hybridized carbons (Fsp3) is 0.467. The van der Waals surface area contributed by atoms with Gasteiger partial charge in [0, 0.05) is 36.8 Å². The zero-order valence-corrected chi connectivity index (χ0v) is 12.9. The third-order valence-corrected chi connectivity index (χ3v) is 3.61. The van der Waals surface area contributed by atoms with Crippen molar-refractivity contribution >= 4 is 17.7 Å². The highest BCUT2D eigenvalue weighted by molar-refractivity contribution is 5.95. The number of nitro groups is 1.